The Bertz CT molecular complexity index is 1200. The number of anilines is 1. The Kier molecular flexibility index (Phi) is 5.54. The molecule has 0 saturated heterocycles. The van der Waals surface area contributed by atoms with Gasteiger partial charge >= 0.3 is 0 Å². The average Bonchev–Trinajstić information content (AvgIpc) is 3.39. The van der Waals surface area contributed by atoms with Crippen molar-refractivity contribution in [1.82, 2.24) is 15.0 Å². The Labute approximate surface area is 187 Å². The predicted octanol–water partition coefficient (Wildman–Crippen LogP) is 5.81. The van der Waals surface area contributed by atoms with E-state index in [2.05, 4.69) is 20.3 Å². The summed E-state index contributed by atoms with van der Waals surface area (Å²) in [6, 6.07) is 9.97. The minimum atomic E-state index is -0.286. The van der Waals surface area contributed by atoms with Gasteiger partial charge in [-0.3, -0.25) is 4.79 Å². The van der Waals surface area contributed by atoms with Gasteiger partial charge in [0.15, 0.2) is 5.13 Å². The van der Waals surface area contributed by atoms with Crippen LogP contribution in [0.4, 0.5) is 5.13 Å². The fraction of sp³-hybridized carbons (Fsp3) is 0.273. The highest BCUT2D eigenvalue weighted by atomic mass is 32.2. The molecule has 0 spiro atoms. The lowest BCUT2D eigenvalue weighted by Gasteiger charge is -2.13. The van der Waals surface area contributed by atoms with Crippen LogP contribution in [0.15, 0.2) is 47.1 Å². The van der Waals surface area contributed by atoms with Crippen LogP contribution in [-0.2, 0) is 17.6 Å². The predicted molar refractivity (Wildman–Crippen MR) is 126 cm³/mol. The molecule has 5 rings (SSSR count). The SMILES string of the molecule is CC(Sc1ncnc2sc3c(c12)CCCC3)C(=O)Nc1nc(-c2ccccc2)cs1. The van der Waals surface area contributed by atoms with Crippen molar-refractivity contribution in [3.05, 3.63) is 52.5 Å². The molecule has 0 fully saturated rings. The molecule has 1 amide bonds. The standard InChI is InChI=1S/C22H20N4OS3/c1-13(19(27)26-22-25-16(11-28-22)14-7-3-2-4-8-14)29-20-18-15-9-5-6-10-17(15)30-21(18)24-12-23-20/h2-4,7-8,11-13H,5-6,9-10H2,1H3,(H,25,26,27). The van der Waals surface area contributed by atoms with Crippen LogP contribution in [0.2, 0.25) is 0 Å². The topological polar surface area (TPSA) is 67.8 Å². The lowest BCUT2D eigenvalue weighted by Crippen LogP contribution is -2.22. The van der Waals surface area contributed by atoms with E-state index in [1.807, 2.05) is 42.6 Å². The Morgan fingerprint density at radius 1 is 1.17 bits per heavy atom. The van der Waals surface area contributed by atoms with E-state index >= 15 is 0 Å². The van der Waals surface area contributed by atoms with Crippen LogP contribution in [0.25, 0.3) is 21.5 Å². The van der Waals surface area contributed by atoms with Crippen LogP contribution in [0.5, 0.6) is 0 Å². The van der Waals surface area contributed by atoms with Gasteiger partial charge in [-0.05, 0) is 38.2 Å². The number of aromatic nitrogens is 3. The number of benzene rings is 1. The van der Waals surface area contributed by atoms with Crippen LogP contribution in [-0.4, -0.2) is 26.1 Å². The molecule has 1 atom stereocenters. The minimum Gasteiger partial charge on any atom is -0.301 e. The van der Waals surface area contributed by atoms with E-state index in [-0.39, 0.29) is 11.2 Å². The largest absolute Gasteiger partial charge is 0.301 e. The monoisotopic (exact) mass is 452 g/mol. The van der Waals surface area contributed by atoms with Crippen molar-refractivity contribution in [3.8, 4) is 11.3 Å². The molecule has 3 aromatic heterocycles. The summed E-state index contributed by atoms with van der Waals surface area (Å²) >= 11 is 4.72. The maximum atomic E-state index is 12.8. The van der Waals surface area contributed by atoms with E-state index in [1.54, 1.807) is 17.7 Å². The maximum Gasteiger partial charge on any atom is 0.239 e. The zero-order chi connectivity index (χ0) is 20.5. The van der Waals surface area contributed by atoms with Gasteiger partial charge in [0.2, 0.25) is 5.91 Å². The molecule has 152 valence electrons. The Balaban J connectivity index is 1.32. The molecule has 1 aliphatic rings. The Hall–Kier alpha value is -2.29. The van der Waals surface area contributed by atoms with Crippen molar-refractivity contribution in [2.24, 2.45) is 0 Å². The van der Waals surface area contributed by atoms with Gasteiger partial charge < -0.3 is 5.32 Å². The number of amides is 1. The first-order valence-electron chi connectivity index (χ1n) is 9.93. The van der Waals surface area contributed by atoms with Gasteiger partial charge in [-0.1, -0.05) is 42.1 Å². The number of aryl methyl sites for hydroxylation is 2. The summed E-state index contributed by atoms with van der Waals surface area (Å²) in [7, 11) is 0. The molecule has 0 bridgehead atoms. The van der Waals surface area contributed by atoms with Gasteiger partial charge in [-0.2, -0.15) is 0 Å². The van der Waals surface area contributed by atoms with Crippen molar-refractivity contribution < 1.29 is 4.79 Å². The van der Waals surface area contributed by atoms with Gasteiger partial charge in [-0.15, -0.1) is 22.7 Å². The Morgan fingerprint density at radius 2 is 2.00 bits per heavy atom. The molecule has 1 N–H and O–H groups in total. The van der Waals surface area contributed by atoms with E-state index < -0.39 is 0 Å². The van der Waals surface area contributed by atoms with E-state index in [4.69, 9.17) is 0 Å². The number of fused-ring (bicyclic) bond motifs is 3. The van der Waals surface area contributed by atoms with Crippen molar-refractivity contribution in [1.29, 1.82) is 0 Å². The van der Waals surface area contributed by atoms with E-state index in [9.17, 15) is 4.79 Å². The summed E-state index contributed by atoms with van der Waals surface area (Å²) < 4.78 is 0. The van der Waals surface area contributed by atoms with Gasteiger partial charge in [0, 0.05) is 21.2 Å². The fourth-order valence-electron chi connectivity index (χ4n) is 3.65. The highest BCUT2D eigenvalue weighted by Gasteiger charge is 2.23. The molecule has 5 nitrogen and oxygen atoms in total. The maximum absolute atomic E-state index is 12.8. The first kappa shape index (κ1) is 19.7. The van der Waals surface area contributed by atoms with Crippen LogP contribution in [0.3, 0.4) is 0 Å². The van der Waals surface area contributed by atoms with E-state index in [0.717, 1.165) is 39.3 Å². The average molecular weight is 453 g/mol. The van der Waals surface area contributed by atoms with Gasteiger partial charge in [-0.25, -0.2) is 15.0 Å². The number of nitrogens with one attached hydrogen (secondary N) is 1. The summed E-state index contributed by atoms with van der Waals surface area (Å²) in [5.74, 6) is -0.0650. The van der Waals surface area contributed by atoms with Crippen molar-refractivity contribution in [2.45, 2.75) is 42.9 Å². The first-order valence-corrected chi connectivity index (χ1v) is 12.5. The van der Waals surface area contributed by atoms with Crippen LogP contribution in [0, 0.1) is 0 Å². The van der Waals surface area contributed by atoms with Crippen LogP contribution >= 0.6 is 34.4 Å². The molecular formula is C22H20N4OS3. The van der Waals surface area contributed by atoms with E-state index in [0.29, 0.717) is 5.13 Å². The highest BCUT2D eigenvalue weighted by Crippen LogP contribution is 2.40. The van der Waals surface area contributed by atoms with Gasteiger partial charge in [0.05, 0.1) is 10.9 Å². The summed E-state index contributed by atoms with van der Waals surface area (Å²) in [5.41, 5.74) is 3.31. The van der Waals surface area contributed by atoms with Gasteiger partial charge in [0.25, 0.3) is 0 Å². The highest BCUT2D eigenvalue weighted by molar-refractivity contribution is 8.00. The molecule has 0 aliphatic heterocycles. The molecule has 1 aliphatic carbocycles. The summed E-state index contributed by atoms with van der Waals surface area (Å²) in [6.07, 6.45) is 6.28. The number of hydrogen-bond donors (Lipinski definition) is 1. The molecule has 4 aromatic rings. The number of carbonyl (C=O) groups excluding carboxylic acids is 1. The van der Waals surface area contributed by atoms with Crippen LogP contribution in [0.1, 0.15) is 30.2 Å². The normalized spacial score (nSPS) is 14.4. The van der Waals surface area contributed by atoms with Crippen LogP contribution < -0.4 is 5.32 Å². The lowest BCUT2D eigenvalue weighted by molar-refractivity contribution is -0.115. The number of thioether (sulfide) groups is 1. The number of thiazole rings is 1. The van der Waals surface area contributed by atoms with Crippen molar-refractivity contribution >= 4 is 55.7 Å². The van der Waals surface area contributed by atoms with Crippen molar-refractivity contribution in [3.63, 3.8) is 0 Å². The minimum absolute atomic E-state index is 0.0650. The summed E-state index contributed by atoms with van der Waals surface area (Å²) in [5, 5.41) is 7.33. The smallest absolute Gasteiger partial charge is 0.239 e. The fourth-order valence-corrected chi connectivity index (χ4v) is 6.61. The molecule has 1 aromatic carbocycles. The first-order chi connectivity index (χ1) is 14.7. The zero-order valence-corrected chi connectivity index (χ0v) is 18.9. The van der Waals surface area contributed by atoms with Gasteiger partial charge in [0.1, 0.15) is 16.2 Å². The third-order valence-corrected chi connectivity index (χ3v) is 8.24. The molecule has 3 heterocycles. The molecule has 8 heteroatoms. The third-order valence-electron chi connectivity index (χ3n) is 5.18. The second-order valence-electron chi connectivity index (χ2n) is 7.22. The number of carbonyl (C=O) groups is 1. The molecular weight excluding hydrogens is 432 g/mol. The zero-order valence-electron chi connectivity index (χ0n) is 16.4. The molecule has 30 heavy (non-hydrogen) atoms. The molecule has 0 radical (unpaired) electrons. The summed E-state index contributed by atoms with van der Waals surface area (Å²) in [6.45, 7) is 1.92. The number of thiophene rings is 1. The Morgan fingerprint density at radius 3 is 2.87 bits per heavy atom. The third kappa shape index (κ3) is 3.87. The molecule has 0 saturated carbocycles. The second kappa shape index (κ2) is 8.45. The van der Waals surface area contributed by atoms with E-state index in [1.165, 1.54) is 46.4 Å². The van der Waals surface area contributed by atoms with Crippen molar-refractivity contribution in [2.75, 3.05) is 5.32 Å². The number of rotatable bonds is 5. The summed E-state index contributed by atoms with van der Waals surface area (Å²) in [4.78, 5) is 28.9. The number of hydrogen-bond acceptors (Lipinski definition) is 7. The quantitative estimate of drug-likeness (QED) is 0.306. The second-order valence-corrected chi connectivity index (χ2v) is 10.5. The molecule has 1 unspecified atom stereocenters. The number of nitrogens with zero attached hydrogens (tertiary/aromatic N) is 3. The lowest BCUT2D eigenvalue weighted by atomic mass is 9.97.